The quantitative estimate of drug-likeness (QED) is 0.752. The topological polar surface area (TPSA) is 49.0 Å². The number of ether oxygens (including phenoxy) is 4. The molecule has 1 unspecified atom stereocenters. The molecule has 0 fully saturated rings. The van der Waals surface area contributed by atoms with E-state index in [2.05, 4.69) is 12.2 Å². The minimum atomic E-state index is 0.474. The molecular formula is C15H25NO4. The van der Waals surface area contributed by atoms with Crippen molar-refractivity contribution >= 4 is 0 Å². The van der Waals surface area contributed by atoms with Gasteiger partial charge in [-0.2, -0.15) is 0 Å². The third-order valence-corrected chi connectivity index (χ3v) is 3.00. The molecule has 1 atom stereocenters. The van der Waals surface area contributed by atoms with E-state index in [0.29, 0.717) is 23.2 Å². The van der Waals surface area contributed by atoms with Crippen LogP contribution in [0.1, 0.15) is 12.5 Å². The Hall–Kier alpha value is -1.46. The molecule has 0 radical (unpaired) electrons. The Balaban J connectivity index is 2.71. The normalized spacial score (nSPS) is 12.1. The molecule has 1 aromatic carbocycles. The lowest BCUT2D eigenvalue weighted by Gasteiger charge is -2.15. The first-order valence-electron chi connectivity index (χ1n) is 6.64. The fourth-order valence-corrected chi connectivity index (χ4v) is 2.04. The lowest BCUT2D eigenvalue weighted by Crippen LogP contribution is -2.23. The van der Waals surface area contributed by atoms with Crippen LogP contribution in [-0.2, 0) is 11.3 Å². The van der Waals surface area contributed by atoms with Gasteiger partial charge in [-0.25, -0.2) is 0 Å². The number of hydrogen-bond acceptors (Lipinski definition) is 5. The van der Waals surface area contributed by atoms with Crippen LogP contribution in [0.3, 0.4) is 0 Å². The number of hydrogen-bond donors (Lipinski definition) is 1. The van der Waals surface area contributed by atoms with Gasteiger partial charge in [-0.1, -0.05) is 6.92 Å². The highest BCUT2D eigenvalue weighted by molar-refractivity contribution is 5.53. The van der Waals surface area contributed by atoms with E-state index < -0.39 is 0 Å². The Labute approximate surface area is 121 Å². The summed E-state index contributed by atoms with van der Waals surface area (Å²) in [6, 6.07) is 3.91. The molecule has 0 aromatic heterocycles. The molecule has 0 heterocycles. The van der Waals surface area contributed by atoms with Crippen LogP contribution in [0.2, 0.25) is 0 Å². The molecule has 5 nitrogen and oxygen atoms in total. The number of benzene rings is 1. The minimum Gasteiger partial charge on any atom is -0.493 e. The van der Waals surface area contributed by atoms with E-state index >= 15 is 0 Å². The van der Waals surface area contributed by atoms with E-state index in [9.17, 15) is 0 Å². The second kappa shape index (κ2) is 8.66. The summed E-state index contributed by atoms with van der Waals surface area (Å²) in [4.78, 5) is 0. The Morgan fingerprint density at radius 3 is 2.05 bits per heavy atom. The van der Waals surface area contributed by atoms with E-state index in [1.54, 1.807) is 28.4 Å². The Kier molecular flexibility index (Phi) is 7.18. The lowest BCUT2D eigenvalue weighted by atomic mass is 10.1. The van der Waals surface area contributed by atoms with Crippen LogP contribution in [-0.4, -0.2) is 41.6 Å². The summed E-state index contributed by atoms with van der Waals surface area (Å²) < 4.78 is 21.1. The second-order valence-electron chi connectivity index (χ2n) is 4.73. The third-order valence-electron chi connectivity index (χ3n) is 3.00. The number of nitrogens with one attached hydrogen (secondary N) is 1. The van der Waals surface area contributed by atoms with Crippen molar-refractivity contribution in [3.05, 3.63) is 17.7 Å². The van der Waals surface area contributed by atoms with Crippen molar-refractivity contribution in [2.45, 2.75) is 13.5 Å². The monoisotopic (exact) mass is 283 g/mol. The van der Waals surface area contributed by atoms with Gasteiger partial charge in [0.1, 0.15) is 0 Å². The van der Waals surface area contributed by atoms with Gasteiger partial charge in [-0.05, 0) is 23.6 Å². The predicted molar refractivity (Wildman–Crippen MR) is 78.8 cm³/mol. The Bertz CT molecular complexity index is 384. The smallest absolute Gasteiger partial charge is 0.203 e. The van der Waals surface area contributed by atoms with Gasteiger partial charge in [0.05, 0.1) is 21.3 Å². The first-order chi connectivity index (χ1) is 9.65. The van der Waals surface area contributed by atoms with Crippen LogP contribution < -0.4 is 19.5 Å². The molecule has 20 heavy (non-hydrogen) atoms. The molecule has 0 bridgehead atoms. The van der Waals surface area contributed by atoms with E-state index in [1.165, 1.54) is 0 Å². The highest BCUT2D eigenvalue weighted by Gasteiger charge is 2.13. The first-order valence-corrected chi connectivity index (χ1v) is 6.64. The van der Waals surface area contributed by atoms with Gasteiger partial charge in [-0.3, -0.25) is 0 Å². The molecule has 0 saturated heterocycles. The molecule has 114 valence electrons. The van der Waals surface area contributed by atoms with E-state index in [4.69, 9.17) is 18.9 Å². The zero-order chi connectivity index (χ0) is 15.0. The molecule has 0 aliphatic heterocycles. The molecule has 0 aliphatic carbocycles. The van der Waals surface area contributed by atoms with Crippen molar-refractivity contribution in [2.24, 2.45) is 5.92 Å². The standard InChI is InChI=1S/C15H25NO4/c1-11(10-17-2)8-16-9-12-6-13(18-3)15(20-5)14(7-12)19-4/h6-7,11,16H,8-10H2,1-5H3. The molecule has 0 saturated carbocycles. The fraction of sp³-hybridized carbons (Fsp3) is 0.600. The van der Waals surface area contributed by atoms with Crippen LogP contribution in [0.4, 0.5) is 0 Å². The summed E-state index contributed by atoms with van der Waals surface area (Å²) in [6.45, 7) is 4.53. The van der Waals surface area contributed by atoms with Crippen molar-refractivity contribution in [3.63, 3.8) is 0 Å². The maximum absolute atomic E-state index is 5.33. The second-order valence-corrected chi connectivity index (χ2v) is 4.73. The first kappa shape index (κ1) is 16.6. The third kappa shape index (κ3) is 4.58. The van der Waals surface area contributed by atoms with Crippen molar-refractivity contribution in [1.82, 2.24) is 5.32 Å². The molecule has 5 heteroatoms. The van der Waals surface area contributed by atoms with Crippen LogP contribution in [0.15, 0.2) is 12.1 Å². The molecule has 1 N–H and O–H groups in total. The van der Waals surface area contributed by atoms with Gasteiger partial charge in [0, 0.05) is 26.8 Å². The zero-order valence-corrected chi connectivity index (χ0v) is 13.0. The summed E-state index contributed by atoms with van der Waals surface area (Å²) in [7, 11) is 6.56. The van der Waals surface area contributed by atoms with Crippen molar-refractivity contribution in [3.8, 4) is 17.2 Å². The Morgan fingerprint density at radius 2 is 1.60 bits per heavy atom. The van der Waals surface area contributed by atoms with Crippen molar-refractivity contribution in [1.29, 1.82) is 0 Å². The van der Waals surface area contributed by atoms with E-state index in [1.807, 2.05) is 12.1 Å². The zero-order valence-electron chi connectivity index (χ0n) is 13.0. The molecule has 0 spiro atoms. The maximum atomic E-state index is 5.33. The molecular weight excluding hydrogens is 258 g/mol. The largest absolute Gasteiger partial charge is 0.493 e. The molecule has 0 aliphatic rings. The summed E-state index contributed by atoms with van der Waals surface area (Å²) >= 11 is 0. The van der Waals surface area contributed by atoms with Gasteiger partial charge in [-0.15, -0.1) is 0 Å². The highest BCUT2D eigenvalue weighted by atomic mass is 16.5. The fourth-order valence-electron chi connectivity index (χ4n) is 2.04. The Morgan fingerprint density at radius 1 is 1.00 bits per heavy atom. The highest BCUT2D eigenvalue weighted by Crippen LogP contribution is 2.38. The summed E-state index contributed by atoms with van der Waals surface area (Å²) in [5.41, 5.74) is 1.09. The summed E-state index contributed by atoms with van der Waals surface area (Å²) in [5.74, 6) is 2.44. The van der Waals surface area contributed by atoms with E-state index in [-0.39, 0.29) is 0 Å². The van der Waals surface area contributed by atoms with Crippen molar-refractivity contribution < 1.29 is 18.9 Å². The van der Waals surface area contributed by atoms with Gasteiger partial charge in [0.15, 0.2) is 11.5 Å². The number of methoxy groups -OCH3 is 4. The van der Waals surface area contributed by atoms with Crippen LogP contribution in [0, 0.1) is 5.92 Å². The predicted octanol–water partition coefficient (Wildman–Crippen LogP) is 2.08. The molecule has 0 amide bonds. The van der Waals surface area contributed by atoms with Crippen LogP contribution >= 0.6 is 0 Å². The molecule has 1 aromatic rings. The van der Waals surface area contributed by atoms with Gasteiger partial charge >= 0.3 is 0 Å². The average molecular weight is 283 g/mol. The SMILES string of the molecule is COCC(C)CNCc1cc(OC)c(OC)c(OC)c1. The van der Waals surface area contributed by atoms with Crippen LogP contribution in [0.5, 0.6) is 17.2 Å². The average Bonchev–Trinajstić information content (AvgIpc) is 2.46. The number of rotatable bonds is 9. The summed E-state index contributed by atoms with van der Waals surface area (Å²) in [6.07, 6.45) is 0. The summed E-state index contributed by atoms with van der Waals surface area (Å²) in [5, 5.41) is 3.39. The van der Waals surface area contributed by atoms with Crippen LogP contribution in [0.25, 0.3) is 0 Å². The van der Waals surface area contributed by atoms with Gasteiger partial charge in [0.2, 0.25) is 5.75 Å². The minimum absolute atomic E-state index is 0.474. The van der Waals surface area contributed by atoms with E-state index in [0.717, 1.165) is 25.3 Å². The van der Waals surface area contributed by atoms with Crippen molar-refractivity contribution in [2.75, 3.05) is 41.6 Å². The lowest BCUT2D eigenvalue weighted by molar-refractivity contribution is 0.158. The van der Waals surface area contributed by atoms with Gasteiger partial charge < -0.3 is 24.3 Å². The van der Waals surface area contributed by atoms with Gasteiger partial charge in [0.25, 0.3) is 0 Å². The molecule has 1 rings (SSSR count). The maximum Gasteiger partial charge on any atom is 0.203 e.